The minimum absolute atomic E-state index is 0.309. The Hall–Kier alpha value is -1.64. The maximum atomic E-state index is 12.7. The van der Waals surface area contributed by atoms with Crippen LogP contribution in [0.15, 0.2) is 42.1 Å². The van der Waals surface area contributed by atoms with Gasteiger partial charge in [-0.05, 0) is 12.1 Å². The summed E-state index contributed by atoms with van der Waals surface area (Å²) in [4.78, 5) is 4.84. The molecule has 1 rings (SSSR count). The molecular weight excluding hydrogens is 181 g/mol. The van der Waals surface area contributed by atoms with E-state index in [0.29, 0.717) is 12.2 Å². The van der Waals surface area contributed by atoms with Gasteiger partial charge in [0.05, 0.1) is 0 Å². The van der Waals surface area contributed by atoms with Crippen molar-refractivity contribution in [3.63, 3.8) is 0 Å². The average Bonchev–Trinajstić information content (AvgIpc) is 2.18. The van der Waals surface area contributed by atoms with Crippen LogP contribution >= 0.6 is 0 Å². The highest BCUT2D eigenvalue weighted by Gasteiger charge is 1.91. The summed E-state index contributed by atoms with van der Waals surface area (Å²) in [7, 11) is 0. The third-order valence-corrected chi connectivity index (χ3v) is 1.48. The molecule has 3 heteroatoms. The molecule has 1 aromatic carbocycles. The lowest BCUT2D eigenvalue weighted by Crippen LogP contribution is -1.87. The Morgan fingerprint density at radius 2 is 2.43 bits per heavy atom. The standard InChI is InChI=1S/C11H11FNO/c1-2-3-7-14-13-9-10-5-4-6-11(12)8-10/h2,4-6,8H,1,3,7H2. The number of nitrogens with zero attached hydrogens (tertiary/aromatic N) is 1. The quantitative estimate of drug-likeness (QED) is 0.304. The van der Waals surface area contributed by atoms with Gasteiger partial charge in [0.15, 0.2) is 0 Å². The van der Waals surface area contributed by atoms with Gasteiger partial charge in [0, 0.05) is 12.0 Å². The van der Waals surface area contributed by atoms with Crippen LogP contribution in [0.1, 0.15) is 12.0 Å². The molecule has 1 radical (unpaired) electrons. The lowest BCUT2D eigenvalue weighted by atomic mass is 10.2. The normalized spacial score (nSPS) is 10.4. The van der Waals surface area contributed by atoms with Crippen LogP contribution in [-0.2, 0) is 4.84 Å². The summed E-state index contributed by atoms with van der Waals surface area (Å²) in [5.74, 6) is -0.309. The number of benzene rings is 1. The van der Waals surface area contributed by atoms with Gasteiger partial charge < -0.3 is 4.84 Å². The van der Waals surface area contributed by atoms with Crippen molar-refractivity contribution in [2.45, 2.75) is 6.42 Å². The van der Waals surface area contributed by atoms with E-state index >= 15 is 0 Å². The number of hydrogen-bond acceptors (Lipinski definition) is 2. The fourth-order valence-corrected chi connectivity index (χ4v) is 0.825. The maximum absolute atomic E-state index is 12.7. The van der Waals surface area contributed by atoms with Crippen molar-refractivity contribution >= 4 is 6.21 Å². The van der Waals surface area contributed by atoms with Crippen molar-refractivity contribution < 1.29 is 9.23 Å². The minimum atomic E-state index is -0.309. The molecule has 0 aliphatic rings. The van der Waals surface area contributed by atoms with Crippen LogP contribution in [0.3, 0.4) is 0 Å². The largest absolute Gasteiger partial charge is 0.395 e. The molecular formula is C11H11FNO. The Morgan fingerprint density at radius 1 is 1.57 bits per heavy atom. The first-order valence-electron chi connectivity index (χ1n) is 4.27. The van der Waals surface area contributed by atoms with Crippen molar-refractivity contribution in [2.24, 2.45) is 5.16 Å². The third-order valence-electron chi connectivity index (χ3n) is 1.48. The van der Waals surface area contributed by atoms with Gasteiger partial charge in [-0.3, -0.25) is 0 Å². The lowest BCUT2D eigenvalue weighted by molar-refractivity contribution is 0.151. The van der Waals surface area contributed by atoms with E-state index in [4.69, 9.17) is 4.84 Å². The molecule has 0 fully saturated rings. The van der Waals surface area contributed by atoms with Crippen LogP contribution < -0.4 is 0 Å². The van der Waals surface area contributed by atoms with Crippen molar-refractivity contribution in [3.05, 3.63) is 48.3 Å². The Kier molecular flexibility index (Phi) is 4.41. The predicted octanol–water partition coefficient (Wildman–Crippen LogP) is 2.63. The topological polar surface area (TPSA) is 21.6 Å². The molecule has 0 aromatic heterocycles. The third kappa shape index (κ3) is 3.85. The Labute approximate surface area is 82.7 Å². The minimum Gasteiger partial charge on any atom is -0.395 e. The molecule has 1 aromatic rings. The molecule has 0 unspecified atom stereocenters. The number of rotatable bonds is 5. The zero-order valence-electron chi connectivity index (χ0n) is 7.74. The van der Waals surface area contributed by atoms with E-state index in [2.05, 4.69) is 17.9 Å². The molecule has 2 nitrogen and oxygen atoms in total. The molecule has 0 saturated heterocycles. The van der Waals surface area contributed by atoms with E-state index < -0.39 is 0 Å². The smallest absolute Gasteiger partial charge is 0.139 e. The molecule has 0 N–H and O–H groups in total. The van der Waals surface area contributed by atoms with E-state index in [0.717, 1.165) is 6.42 Å². The Morgan fingerprint density at radius 3 is 3.14 bits per heavy atom. The molecule has 0 aliphatic heterocycles. The van der Waals surface area contributed by atoms with Crippen LogP contribution in [0.5, 0.6) is 0 Å². The molecule has 73 valence electrons. The van der Waals surface area contributed by atoms with Gasteiger partial charge >= 0.3 is 0 Å². The van der Waals surface area contributed by atoms with Gasteiger partial charge in [-0.2, -0.15) is 0 Å². The first-order chi connectivity index (χ1) is 6.83. The second-order valence-electron chi connectivity index (χ2n) is 2.62. The highest BCUT2D eigenvalue weighted by Crippen LogP contribution is 2.00. The maximum Gasteiger partial charge on any atom is 0.139 e. The SMILES string of the molecule is C=CCCON=[C]c1cccc(F)c1. The summed E-state index contributed by atoms with van der Waals surface area (Å²) in [6, 6.07) is 5.99. The average molecular weight is 192 g/mol. The Bertz CT molecular complexity index is 323. The summed E-state index contributed by atoms with van der Waals surface area (Å²) in [5.41, 5.74) is 0.559. The summed E-state index contributed by atoms with van der Waals surface area (Å²) < 4.78 is 12.7. The number of halogens is 1. The molecule has 0 bridgehead atoms. The van der Waals surface area contributed by atoms with Crippen LogP contribution in [0, 0.1) is 5.82 Å². The monoisotopic (exact) mass is 192 g/mol. The summed E-state index contributed by atoms with van der Waals surface area (Å²) in [6.07, 6.45) is 5.04. The van der Waals surface area contributed by atoms with Gasteiger partial charge in [-0.15, -0.1) is 6.58 Å². The van der Waals surface area contributed by atoms with Crippen LogP contribution in [-0.4, -0.2) is 12.8 Å². The molecule has 0 aliphatic carbocycles. The van der Waals surface area contributed by atoms with Crippen LogP contribution in [0.25, 0.3) is 0 Å². The van der Waals surface area contributed by atoms with Gasteiger partial charge in [-0.25, -0.2) is 4.39 Å². The molecule has 0 heterocycles. The second kappa shape index (κ2) is 5.91. The van der Waals surface area contributed by atoms with E-state index in [1.807, 2.05) is 0 Å². The highest BCUT2D eigenvalue weighted by molar-refractivity contribution is 5.78. The molecule has 14 heavy (non-hydrogen) atoms. The van der Waals surface area contributed by atoms with E-state index in [1.165, 1.54) is 12.1 Å². The van der Waals surface area contributed by atoms with Crippen molar-refractivity contribution in [1.29, 1.82) is 0 Å². The Balaban J connectivity index is 2.39. The van der Waals surface area contributed by atoms with Crippen molar-refractivity contribution in [2.75, 3.05) is 6.61 Å². The van der Waals surface area contributed by atoms with Gasteiger partial charge in [0.25, 0.3) is 0 Å². The lowest BCUT2D eigenvalue weighted by Gasteiger charge is -1.94. The summed E-state index contributed by atoms with van der Waals surface area (Å²) >= 11 is 0. The zero-order chi connectivity index (χ0) is 10.2. The molecule has 0 spiro atoms. The molecule has 0 amide bonds. The summed E-state index contributed by atoms with van der Waals surface area (Å²) in [6.45, 7) is 4.00. The zero-order valence-corrected chi connectivity index (χ0v) is 7.74. The van der Waals surface area contributed by atoms with E-state index in [9.17, 15) is 4.39 Å². The van der Waals surface area contributed by atoms with E-state index in [-0.39, 0.29) is 5.82 Å². The molecule has 0 saturated carbocycles. The highest BCUT2D eigenvalue weighted by atomic mass is 19.1. The van der Waals surface area contributed by atoms with Crippen molar-refractivity contribution in [1.82, 2.24) is 0 Å². The van der Waals surface area contributed by atoms with Gasteiger partial charge in [0.1, 0.15) is 18.6 Å². The fraction of sp³-hybridized carbons (Fsp3) is 0.182. The van der Waals surface area contributed by atoms with Crippen LogP contribution in [0.2, 0.25) is 0 Å². The number of hydrogen-bond donors (Lipinski definition) is 0. The summed E-state index contributed by atoms with van der Waals surface area (Å²) in [5, 5.41) is 3.56. The van der Waals surface area contributed by atoms with Gasteiger partial charge in [-0.1, -0.05) is 23.4 Å². The fourth-order valence-electron chi connectivity index (χ4n) is 0.825. The van der Waals surface area contributed by atoms with Gasteiger partial charge in [0.2, 0.25) is 0 Å². The van der Waals surface area contributed by atoms with Crippen LogP contribution in [0.4, 0.5) is 4.39 Å². The first kappa shape index (κ1) is 10.4. The predicted molar refractivity (Wildman–Crippen MR) is 53.7 cm³/mol. The second-order valence-corrected chi connectivity index (χ2v) is 2.62. The molecule has 0 atom stereocenters. The van der Waals surface area contributed by atoms with E-state index in [1.54, 1.807) is 18.2 Å². The van der Waals surface area contributed by atoms with Crippen molar-refractivity contribution in [3.8, 4) is 0 Å². The first-order valence-corrected chi connectivity index (χ1v) is 4.27.